The molecule has 2 fully saturated rings. The van der Waals surface area contributed by atoms with Gasteiger partial charge in [-0.15, -0.1) is 0 Å². The monoisotopic (exact) mass is 328 g/mol. The number of amides is 1. The number of carbonyl (C=O) groups excluding carboxylic acids is 1. The van der Waals surface area contributed by atoms with Gasteiger partial charge in [0, 0.05) is 26.2 Å². The van der Waals surface area contributed by atoms with Crippen LogP contribution in [0.5, 0.6) is 0 Å². The summed E-state index contributed by atoms with van der Waals surface area (Å²) in [5.74, 6) is 0. The minimum Gasteiger partial charge on any atom is -0.444 e. The van der Waals surface area contributed by atoms with E-state index in [0.717, 1.165) is 32.5 Å². The van der Waals surface area contributed by atoms with Crippen LogP contribution < -0.4 is 0 Å². The van der Waals surface area contributed by atoms with Crippen molar-refractivity contribution in [2.24, 2.45) is 0 Å². The van der Waals surface area contributed by atoms with Crippen LogP contribution in [0.1, 0.15) is 40.5 Å². The fourth-order valence-electron chi connectivity index (χ4n) is 2.89. The first kappa shape index (κ1) is 18.5. The van der Waals surface area contributed by atoms with Gasteiger partial charge in [0.25, 0.3) is 0 Å². The van der Waals surface area contributed by atoms with Crippen LogP contribution in [0.25, 0.3) is 0 Å². The quantitative estimate of drug-likeness (QED) is 0.794. The number of likely N-dealkylation sites (tertiary alicyclic amines) is 1. The Kier molecular flexibility index (Phi) is 5.92. The Morgan fingerprint density at radius 1 is 1.26 bits per heavy atom. The highest BCUT2D eigenvalue weighted by Gasteiger charge is 2.35. The number of hydrogen-bond acceptors (Lipinski definition) is 5. The Morgan fingerprint density at radius 2 is 1.91 bits per heavy atom. The third-order valence-corrected chi connectivity index (χ3v) is 4.43. The van der Waals surface area contributed by atoms with E-state index >= 15 is 0 Å². The zero-order chi connectivity index (χ0) is 17.1. The molecule has 6 heteroatoms. The second kappa shape index (κ2) is 7.36. The molecule has 0 N–H and O–H groups in total. The summed E-state index contributed by atoms with van der Waals surface area (Å²) in [5, 5.41) is 0. The van der Waals surface area contributed by atoms with E-state index in [1.807, 2.05) is 20.8 Å². The van der Waals surface area contributed by atoms with Gasteiger partial charge in [0.15, 0.2) is 0 Å². The number of carbonyl (C=O) groups is 1. The number of hydrogen-bond donors (Lipinski definition) is 0. The van der Waals surface area contributed by atoms with Gasteiger partial charge in [0.2, 0.25) is 0 Å². The van der Waals surface area contributed by atoms with E-state index in [9.17, 15) is 4.79 Å². The highest BCUT2D eigenvalue weighted by atomic mass is 16.6. The molecule has 23 heavy (non-hydrogen) atoms. The highest BCUT2D eigenvalue weighted by Crippen LogP contribution is 2.27. The van der Waals surface area contributed by atoms with Gasteiger partial charge in [0.1, 0.15) is 5.60 Å². The molecular weight excluding hydrogens is 296 g/mol. The Hall–Kier alpha value is -0.850. The van der Waals surface area contributed by atoms with E-state index in [1.165, 1.54) is 0 Å². The van der Waals surface area contributed by atoms with Gasteiger partial charge in [-0.2, -0.15) is 0 Å². The van der Waals surface area contributed by atoms with Crippen molar-refractivity contribution in [1.82, 2.24) is 9.80 Å². The molecule has 2 saturated heterocycles. The number of nitrogens with zero attached hydrogens (tertiary/aromatic N) is 2. The van der Waals surface area contributed by atoms with Gasteiger partial charge >= 0.3 is 6.09 Å². The SMILES string of the molecule is CN1CCOC(COC2(C)CCN(C(=O)OC(C)(C)C)CC2)C1. The van der Waals surface area contributed by atoms with Gasteiger partial charge in [0.05, 0.1) is 24.9 Å². The lowest BCUT2D eigenvalue weighted by atomic mass is 9.93. The molecule has 2 rings (SSSR count). The van der Waals surface area contributed by atoms with Gasteiger partial charge in [-0.3, -0.25) is 0 Å². The van der Waals surface area contributed by atoms with Crippen molar-refractivity contribution in [2.45, 2.75) is 57.8 Å². The molecule has 1 atom stereocenters. The minimum absolute atomic E-state index is 0.148. The first-order chi connectivity index (χ1) is 10.7. The van der Waals surface area contributed by atoms with Crippen molar-refractivity contribution in [1.29, 1.82) is 0 Å². The maximum Gasteiger partial charge on any atom is 0.410 e. The van der Waals surface area contributed by atoms with Gasteiger partial charge in [-0.25, -0.2) is 4.79 Å². The van der Waals surface area contributed by atoms with E-state index in [2.05, 4.69) is 18.9 Å². The Balaban J connectivity index is 1.75. The summed E-state index contributed by atoms with van der Waals surface area (Å²) in [6.07, 6.45) is 1.58. The van der Waals surface area contributed by atoms with Crippen LogP contribution in [0.15, 0.2) is 0 Å². The molecule has 0 aromatic heterocycles. The minimum atomic E-state index is -0.446. The van der Waals surface area contributed by atoms with E-state index in [4.69, 9.17) is 14.2 Å². The molecule has 1 amide bonds. The molecule has 2 aliphatic heterocycles. The molecule has 6 nitrogen and oxygen atoms in total. The fourth-order valence-corrected chi connectivity index (χ4v) is 2.89. The number of morpholine rings is 1. The normalized spacial score (nSPS) is 26.1. The summed E-state index contributed by atoms with van der Waals surface area (Å²) in [6, 6.07) is 0. The predicted molar refractivity (Wildman–Crippen MR) is 88.6 cm³/mol. The summed E-state index contributed by atoms with van der Waals surface area (Å²) in [7, 11) is 2.11. The topological polar surface area (TPSA) is 51.2 Å². The number of likely N-dealkylation sites (N-methyl/N-ethyl adjacent to an activating group) is 1. The van der Waals surface area contributed by atoms with E-state index in [0.29, 0.717) is 19.7 Å². The zero-order valence-corrected chi connectivity index (χ0v) is 15.3. The van der Waals surface area contributed by atoms with Crippen molar-refractivity contribution < 1.29 is 19.0 Å². The smallest absolute Gasteiger partial charge is 0.410 e. The Bertz CT molecular complexity index is 400. The van der Waals surface area contributed by atoms with Crippen molar-refractivity contribution >= 4 is 6.09 Å². The van der Waals surface area contributed by atoms with E-state index < -0.39 is 5.60 Å². The molecule has 1 unspecified atom stereocenters. The summed E-state index contributed by atoms with van der Waals surface area (Å²) in [5.41, 5.74) is -0.628. The first-order valence-corrected chi connectivity index (χ1v) is 8.59. The molecule has 2 heterocycles. The third-order valence-electron chi connectivity index (χ3n) is 4.43. The lowest BCUT2D eigenvalue weighted by Crippen LogP contribution is -2.49. The summed E-state index contributed by atoms with van der Waals surface area (Å²) in [6.45, 7) is 12.5. The standard InChI is InChI=1S/C17H32N2O4/c1-16(2,3)23-15(20)19-8-6-17(4,7-9-19)22-13-14-12-18(5)10-11-21-14/h14H,6-13H2,1-5H3. The van der Waals surface area contributed by atoms with E-state index in [-0.39, 0.29) is 17.8 Å². The van der Waals surface area contributed by atoms with Crippen molar-refractivity contribution in [3.8, 4) is 0 Å². The Morgan fingerprint density at radius 3 is 2.48 bits per heavy atom. The average molecular weight is 328 g/mol. The van der Waals surface area contributed by atoms with Crippen LogP contribution in [-0.4, -0.2) is 79.6 Å². The third kappa shape index (κ3) is 5.94. The van der Waals surface area contributed by atoms with Crippen LogP contribution in [0.2, 0.25) is 0 Å². The van der Waals surface area contributed by atoms with Crippen LogP contribution in [-0.2, 0) is 14.2 Å². The number of rotatable bonds is 3. The average Bonchev–Trinajstić information content (AvgIpc) is 2.44. The molecule has 0 bridgehead atoms. The molecule has 0 aliphatic carbocycles. The molecule has 2 aliphatic rings. The molecule has 0 aromatic rings. The molecule has 0 saturated carbocycles. The van der Waals surface area contributed by atoms with Crippen molar-refractivity contribution in [3.63, 3.8) is 0 Å². The van der Waals surface area contributed by atoms with Gasteiger partial charge in [-0.05, 0) is 47.6 Å². The lowest BCUT2D eigenvalue weighted by Gasteiger charge is -2.40. The predicted octanol–water partition coefficient (Wildman–Crippen LogP) is 2.12. The number of piperidine rings is 1. The molecule has 0 radical (unpaired) electrons. The maximum atomic E-state index is 12.1. The summed E-state index contributed by atoms with van der Waals surface area (Å²) < 4.78 is 17.3. The second-order valence-electron chi connectivity index (χ2n) is 7.98. The van der Waals surface area contributed by atoms with Crippen LogP contribution in [0, 0.1) is 0 Å². The highest BCUT2D eigenvalue weighted by molar-refractivity contribution is 5.68. The van der Waals surface area contributed by atoms with Crippen LogP contribution in [0.4, 0.5) is 4.79 Å². The van der Waals surface area contributed by atoms with Crippen LogP contribution >= 0.6 is 0 Å². The van der Waals surface area contributed by atoms with E-state index in [1.54, 1.807) is 4.90 Å². The summed E-state index contributed by atoms with van der Waals surface area (Å²) >= 11 is 0. The second-order valence-corrected chi connectivity index (χ2v) is 7.98. The molecular formula is C17H32N2O4. The van der Waals surface area contributed by atoms with Crippen molar-refractivity contribution in [2.75, 3.05) is 46.4 Å². The first-order valence-electron chi connectivity index (χ1n) is 8.59. The largest absolute Gasteiger partial charge is 0.444 e. The molecule has 0 aromatic carbocycles. The zero-order valence-electron chi connectivity index (χ0n) is 15.3. The maximum absolute atomic E-state index is 12.1. The van der Waals surface area contributed by atoms with Gasteiger partial charge < -0.3 is 24.0 Å². The van der Waals surface area contributed by atoms with Gasteiger partial charge in [-0.1, -0.05) is 0 Å². The molecule has 0 spiro atoms. The Labute approximate surface area is 140 Å². The fraction of sp³-hybridized carbons (Fsp3) is 0.941. The number of ether oxygens (including phenoxy) is 3. The van der Waals surface area contributed by atoms with Crippen LogP contribution in [0.3, 0.4) is 0 Å². The van der Waals surface area contributed by atoms with Crippen molar-refractivity contribution in [3.05, 3.63) is 0 Å². The lowest BCUT2D eigenvalue weighted by molar-refractivity contribution is -0.126. The molecule has 134 valence electrons. The summed E-state index contributed by atoms with van der Waals surface area (Å²) in [4.78, 5) is 16.2.